The summed E-state index contributed by atoms with van der Waals surface area (Å²) >= 11 is 0. The van der Waals surface area contributed by atoms with Crippen LogP contribution in [-0.2, 0) is 4.74 Å². The van der Waals surface area contributed by atoms with E-state index in [1.807, 2.05) is 0 Å². The number of aromatic amines is 1. The maximum atomic E-state index is 14.0. The van der Waals surface area contributed by atoms with Crippen molar-refractivity contribution in [3.05, 3.63) is 82.9 Å². The Labute approximate surface area is 243 Å². The van der Waals surface area contributed by atoms with Crippen LogP contribution in [0.2, 0.25) is 0 Å². The summed E-state index contributed by atoms with van der Waals surface area (Å²) in [5.41, 5.74) is 11.5. The molecule has 5 N–H and O–H groups in total. The van der Waals surface area contributed by atoms with Crippen LogP contribution in [0.25, 0.3) is 10.9 Å². The van der Waals surface area contributed by atoms with E-state index in [2.05, 4.69) is 20.7 Å². The average Bonchev–Trinajstić information content (AvgIpc) is 3.35. The van der Waals surface area contributed by atoms with Gasteiger partial charge in [-0.05, 0) is 49.7 Å². The van der Waals surface area contributed by atoms with Crippen molar-refractivity contribution in [2.24, 2.45) is 5.73 Å². The average molecular weight is 601 g/mol. The van der Waals surface area contributed by atoms with Gasteiger partial charge in [0.15, 0.2) is 11.6 Å². The summed E-state index contributed by atoms with van der Waals surface area (Å²) in [4.78, 5) is 20.6. The Balaban J connectivity index is 1.41. The highest BCUT2D eigenvalue weighted by Gasteiger charge is 2.24. The molecule has 3 heterocycles. The smallest absolute Gasteiger partial charge is 0.387 e. The molecule has 1 saturated heterocycles. The number of aromatic nitrogens is 2. The van der Waals surface area contributed by atoms with Crippen molar-refractivity contribution in [3.8, 4) is 17.4 Å². The quantitative estimate of drug-likeness (QED) is 0.0778. The summed E-state index contributed by atoms with van der Waals surface area (Å²) in [6.07, 6.45) is 1.37. The van der Waals surface area contributed by atoms with Crippen LogP contribution in [0.4, 0.5) is 28.9 Å². The Bertz CT molecular complexity index is 1690. The van der Waals surface area contributed by atoms with Crippen LogP contribution in [0.1, 0.15) is 23.0 Å². The van der Waals surface area contributed by atoms with E-state index in [1.165, 1.54) is 42.4 Å². The molecular formula is C29H28F4N6O4. The lowest BCUT2D eigenvalue weighted by Gasteiger charge is -2.28. The Morgan fingerprint density at radius 3 is 2.51 bits per heavy atom. The Hall–Kier alpha value is -4.82. The zero-order chi connectivity index (χ0) is 30.8. The van der Waals surface area contributed by atoms with Gasteiger partial charge in [0.2, 0.25) is 17.4 Å². The molecule has 226 valence electrons. The van der Waals surface area contributed by atoms with Gasteiger partial charge in [0.1, 0.15) is 11.6 Å². The number of carbonyl (C=O) groups is 1. The number of ether oxygens (including phenoxy) is 3. The van der Waals surface area contributed by atoms with Gasteiger partial charge in [0.25, 0.3) is 0 Å². The molecule has 43 heavy (non-hydrogen) atoms. The lowest BCUT2D eigenvalue weighted by atomic mass is 10.1. The molecule has 0 atom stereocenters. The monoisotopic (exact) mass is 600 g/mol. The van der Waals surface area contributed by atoms with Gasteiger partial charge >= 0.3 is 6.61 Å². The third kappa shape index (κ3) is 6.20. The van der Waals surface area contributed by atoms with Crippen LogP contribution in [0, 0.1) is 18.6 Å². The second kappa shape index (κ2) is 12.2. The number of benzene rings is 2. The molecule has 5 rings (SSSR count). The van der Waals surface area contributed by atoms with Crippen LogP contribution in [-0.4, -0.2) is 48.7 Å². The van der Waals surface area contributed by atoms with Gasteiger partial charge < -0.3 is 30.2 Å². The molecule has 2 aromatic carbocycles. The van der Waals surface area contributed by atoms with E-state index in [1.54, 1.807) is 20.0 Å². The second-order valence-electron chi connectivity index (χ2n) is 9.74. The fourth-order valence-corrected chi connectivity index (χ4v) is 4.48. The largest absolute Gasteiger partial charge is 0.433 e. The standard InChI is InChI=1S/C29H28F4N6O4/c1-14-7-25(43-27-18(30)5-4-6-19(27)31)36-11-23(14)39(35-3)28(34)15(2)26(40)22-8-16-9-24(42-29(32)33)21(10-20(16)38-22)37-17-12-41-13-17/h4-11,17,29,35,37-38H,12-13,34H2,1-3H3/b28-15+. The lowest BCUT2D eigenvalue weighted by molar-refractivity contribution is -0.0494. The topological polar surface area (TPSA) is 127 Å². The number of nitrogens with one attached hydrogen (secondary N) is 3. The number of ketones is 1. The predicted molar refractivity (Wildman–Crippen MR) is 151 cm³/mol. The number of nitrogens with two attached hydrogens (primary N) is 1. The number of hydrazine groups is 1. The van der Waals surface area contributed by atoms with Crippen molar-refractivity contribution in [1.82, 2.24) is 15.4 Å². The number of hydrogen-bond acceptors (Lipinski definition) is 9. The van der Waals surface area contributed by atoms with E-state index < -0.39 is 29.8 Å². The minimum Gasteiger partial charge on any atom is -0.433 e. The lowest BCUT2D eigenvalue weighted by Crippen LogP contribution is -2.40. The molecule has 14 heteroatoms. The maximum absolute atomic E-state index is 14.0. The Morgan fingerprint density at radius 1 is 1.19 bits per heavy atom. The first kappa shape index (κ1) is 29.7. The van der Waals surface area contributed by atoms with Gasteiger partial charge in [-0.25, -0.2) is 19.2 Å². The van der Waals surface area contributed by atoms with E-state index in [9.17, 15) is 22.4 Å². The third-order valence-corrected chi connectivity index (χ3v) is 6.79. The van der Waals surface area contributed by atoms with Crippen LogP contribution in [0.3, 0.4) is 0 Å². The van der Waals surface area contributed by atoms with Gasteiger partial charge in [-0.15, -0.1) is 0 Å². The highest BCUT2D eigenvalue weighted by molar-refractivity contribution is 6.10. The first-order valence-electron chi connectivity index (χ1n) is 13.1. The van der Waals surface area contributed by atoms with Gasteiger partial charge in [0, 0.05) is 29.6 Å². The first-order chi connectivity index (χ1) is 20.5. The molecule has 4 aromatic rings. The van der Waals surface area contributed by atoms with Crippen LogP contribution < -0.4 is 31.0 Å². The third-order valence-electron chi connectivity index (χ3n) is 6.79. The van der Waals surface area contributed by atoms with Crippen molar-refractivity contribution in [2.75, 3.05) is 30.6 Å². The van der Waals surface area contributed by atoms with E-state index in [4.69, 9.17) is 19.9 Å². The van der Waals surface area contributed by atoms with Crippen molar-refractivity contribution in [3.63, 3.8) is 0 Å². The molecular weight excluding hydrogens is 572 g/mol. The number of carbonyl (C=O) groups excluding carboxylic acids is 1. The van der Waals surface area contributed by atoms with Gasteiger partial charge in [-0.1, -0.05) is 6.07 Å². The van der Waals surface area contributed by atoms with Crippen LogP contribution >= 0.6 is 0 Å². The fourth-order valence-electron chi connectivity index (χ4n) is 4.48. The number of pyridine rings is 1. The number of nitrogens with zero attached hydrogens (tertiary/aromatic N) is 2. The summed E-state index contributed by atoms with van der Waals surface area (Å²) in [5.74, 6) is -2.86. The maximum Gasteiger partial charge on any atom is 0.387 e. The number of rotatable bonds is 11. The zero-order valence-corrected chi connectivity index (χ0v) is 23.3. The fraction of sp³-hybridized carbons (Fsp3) is 0.241. The number of anilines is 2. The molecule has 0 saturated carbocycles. The molecule has 1 fully saturated rings. The van der Waals surface area contributed by atoms with Crippen molar-refractivity contribution in [1.29, 1.82) is 0 Å². The number of alkyl halides is 2. The minimum absolute atomic E-state index is 0.0407. The second-order valence-corrected chi connectivity index (χ2v) is 9.74. The molecule has 0 unspecified atom stereocenters. The normalized spacial score (nSPS) is 14.0. The van der Waals surface area contributed by atoms with Gasteiger partial charge in [0.05, 0.1) is 42.5 Å². The Morgan fingerprint density at radius 2 is 1.91 bits per heavy atom. The number of aryl methyl sites for hydroxylation is 1. The minimum atomic E-state index is -3.03. The number of allylic oxidation sites excluding steroid dienone is 1. The summed E-state index contributed by atoms with van der Waals surface area (Å²) in [6, 6.07) is 9.31. The van der Waals surface area contributed by atoms with Gasteiger partial charge in [-0.2, -0.15) is 8.78 Å². The number of H-pyrrole nitrogens is 1. The number of fused-ring (bicyclic) bond motifs is 1. The molecule has 0 aliphatic carbocycles. The zero-order valence-electron chi connectivity index (χ0n) is 23.3. The SMILES string of the molecule is CNN(/C(N)=C(\C)C(=O)c1cc2cc(OC(F)F)c(NC3COC3)cc2[nH]1)c1cnc(Oc2c(F)cccc2F)cc1C. The van der Waals surface area contributed by atoms with Gasteiger partial charge in [-0.3, -0.25) is 9.80 Å². The molecule has 2 aromatic heterocycles. The molecule has 0 radical (unpaired) electrons. The van der Waals surface area contributed by atoms with Crippen molar-refractivity contribution < 1.29 is 36.6 Å². The van der Waals surface area contributed by atoms with Crippen LogP contribution in [0.5, 0.6) is 17.4 Å². The van der Waals surface area contributed by atoms with Crippen molar-refractivity contribution in [2.45, 2.75) is 26.5 Å². The highest BCUT2D eigenvalue weighted by atomic mass is 19.3. The summed E-state index contributed by atoms with van der Waals surface area (Å²) in [7, 11) is 1.58. The summed E-state index contributed by atoms with van der Waals surface area (Å²) in [6.45, 7) is 1.06. The Kier molecular flexibility index (Phi) is 8.41. The van der Waals surface area contributed by atoms with E-state index in [0.717, 1.165) is 12.1 Å². The summed E-state index contributed by atoms with van der Waals surface area (Å²) < 4.78 is 69.4. The summed E-state index contributed by atoms with van der Waals surface area (Å²) in [5, 5.41) is 5.01. The number of halogens is 4. The molecule has 10 nitrogen and oxygen atoms in total. The number of Topliss-reactive ketones (excluding diaryl/α,β-unsaturated/α-hetero) is 1. The first-order valence-corrected chi connectivity index (χ1v) is 13.1. The predicted octanol–water partition coefficient (Wildman–Crippen LogP) is 5.37. The molecule has 0 bridgehead atoms. The molecule has 1 aliphatic rings. The van der Waals surface area contributed by atoms with E-state index >= 15 is 0 Å². The molecule has 0 amide bonds. The molecule has 0 spiro atoms. The number of hydrogen-bond donors (Lipinski definition) is 4. The number of para-hydroxylation sites is 1. The van der Waals surface area contributed by atoms with Crippen molar-refractivity contribution >= 4 is 28.1 Å². The van der Waals surface area contributed by atoms with Crippen LogP contribution in [0.15, 0.2) is 60.1 Å². The van der Waals surface area contributed by atoms with E-state index in [0.29, 0.717) is 41.1 Å². The molecule has 1 aliphatic heterocycles. The highest BCUT2D eigenvalue weighted by Crippen LogP contribution is 2.34. The van der Waals surface area contributed by atoms with E-state index in [-0.39, 0.29) is 34.8 Å².